The van der Waals surface area contributed by atoms with Crippen LogP contribution in [0.3, 0.4) is 0 Å². The highest BCUT2D eigenvalue weighted by Gasteiger charge is 2.31. The van der Waals surface area contributed by atoms with Gasteiger partial charge in [-0.2, -0.15) is 5.10 Å². The summed E-state index contributed by atoms with van der Waals surface area (Å²) in [5, 5.41) is 13.3. The second-order valence-electron chi connectivity index (χ2n) is 4.90. The summed E-state index contributed by atoms with van der Waals surface area (Å²) in [5.74, 6) is -1.16. The summed E-state index contributed by atoms with van der Waals surface area (Å²) in [6.07, 6.45) is 5.87. The number of rotatable bonds is 2. The summed E-state index contributed by atoms with van der Waals surface area (Å²) in [6, 6.07) is 0.905. The average molecular weight is 265 g/mol. The highest BCUT2D eigenvalue weighted by molar-refractivity contribution is 5.95. The van der Waals surface area contributed by atoms with Crippen LogP contribution in [-0.4, -0.2) is 44.3 Å². The number of aliphatic carboxylic acids is 1. The molecule has 1 amide bonds. The van der Waals surface area contributed by atoms with E-state index in [9.17, 15) is 14.7 Å². The van der Waals surface area contributed by atoms with Crippen molar-refractivity contribution in [1.29, 1.82) is 0 Å². The number of aromatic nitrogens is 2. The lowest BCUT2D eigenvalue weighted by molar-refractivity contribution is -0.142. The summed E-state index contributed by atoms with van der Waals surface area (Å²) in [5.41, 5.74) is 0.437. The van der Waals surface area contributed by atoms with Gasteiger partial charge in [-0.25, -0.2) is 4.79 Å². The van der Waals surface area contributed by atoms with Crippen LogP contribution in [0.1, 0.15) is 42.6 Å². The van der Waals surface area contributed by atoms with Gasteiger partial charge in [-0.05, 0) is 18.9 Å². The Labute approximate surface area is 112 Å². The van der Waals surface area contributed by atoms with Crippen molar-refractivity contribution >= 4 is 11.9 Å². The van der Waals surface area contributed by atoms with E-state index in [2.05, 4.69) is 5.10 Å². The zero-order valence-corrected chi connectivity index (χ0v) is 11.1. The highest BCUT2D eigenvalue weighted by atomic mass is 16.4. The predicted molar refractivity (Wildman–Crippen MR) is 68.8 cm³/mol. The molecule has 0 aromatic carbocycles. The first-order chi connectivity index (χ1) is 9.11. The second kappa shape index (κ2) is 5.86. The monoisotopic (exact) mass is 265 g/mol. The molecule has 1 aromatic heterocycles. The summed E-state index contributed by atoms with van der Waals surface area (Å²) in [6.45, 7) is 0.501. The van der Waals surface area contributed by atoms with Gasteiger partial charge in [0.05, 0.1) is 0 Å². The van der Waals surface area contributed by atoms with E-state index in [4.69, 9.17) is 0 Å². The number of hydrogen-bond acceptors (Lipinski definition) is 3. The van der Waals surface area contributed by atoms with Crippen LogP contribution in [0.5, 0.6) is 0 Å². The molecule has 1 fully saturated rings. The van der Waals surface area contributed by atoms with Crippen molar-refractivity contribution < 1.29 is 14.7 Å². The van der Waals surface area contributed by atoms with Crippen LogP contribution in [0.4, 0.5) is 0 Å². The molecular formula is C13H19N3O3. The van der Waals surface area contributed by atoms with E-state index in [1.165, 1.54) is 9.58 Å². The Morgan fingerprint density at radius 2 is 2.05 bits per heavy atom. The van der Waals surface area contributed by atoms with Crippen LogP contribution in [0.2, 0.25) is 0 Å². The van der Waals surface area contributed by atoms with Gasteiger partial charge in [0, 0.05) is 19.8 Å². The van der Waals surface area contributed by atoms with Crippen LogP contribution in [0.25, 0.3) is 0 Å². The molecule has 1 saturated heterocycles. The lowest BCUT2D eigenvalue weighted by Crippen LogP contribution is -2.46. The Morgan fingerprint density at radius 1 is 1.32 bits per heavy atom. The first-order valence-electron chi connectivity index (χ1n) is 6.63. The summed E-state index contributed by atoms with van der Waals surface area (Å²) in [7, 11) is 1.69. The lowest BCUT2D eigenvalue weighted by atomic mass is 10.0. The van der Waals surface area contributed by atoms with E-state index >= 15 is 0 Å². The fourth-order valence-electron chi connectivity index (χ4n) is 2.52. The third kappa shape index (κ3) is 2.94. The van der Waals surface area contributed by atoms with Crippen molar-refractivity contribution in [3.63, 3.8) is 0 Å². The Bertz CT molecular complexity index is 469. The zero-order chi connectivity index (χ0) is 13.8. The number of carbonyl (C=O) groups excluding carboxylic acids is 1. The van der Waals surface area contributed by atoms with Crippen molar-refractivity contribution in [3.05, 3.63) is 18.0 Å². The molecule has 1 aliphatic heterocycles. The standard InChI is InChI=1S/C13H19N3O3/c1-15-10(7-8-14-15)12(17)16-9-5-3-2-4-6-11(16)13(18)19/h7-8,11H,2-6,9H2,1H3,(H,18,19)/t11-/m1/s1. The SMILES string of the molecule is Cn1nccc1C(=O)N1CCCCCC[C@@H]1C(=O)O. The molecule has 1 aliphatic rings. The predicted octanol–water partition coefficient (Wildman–Crippen LogP) is 1.28. The molecule has 1 N–H and O–H groups in total. The van der Waals surface area contributed by atoms with Crippen molar-refractivity contribution in [2.45, 2.75) is 38.1 Å². The van der Waals surface area contributed by atoms with Gasteiger partial charge >= 0.3 is 5.97 Å². The second-order valence-corrected chi connectivity index (χ2v) is 4.90. The molecule has 0 spiro atoms. The molecule has 1 atom stereocenters. The fraction of sp³-hybridized carbons (Fsp3) is 0.615. The first kappa shape index (κ1) is 13.6. The number of likely N-dealkylation sites (tertiary alicyclic amines) is 1. The normalized spacial score (nSPS) is 20.7. The summed E-state index contributed by atoms with van der Waals surface area (Å²) >= 11 is 0. The van der Waals surface area contributed by atoms with E-state index in [0.29, 0.717) is 18.7 Å². The number of aryl methyl sites for hydroxylation is 1. The van der Waals surface area contributed by atoms with Crippen molar-refractivity contribution in [2.24, 2.45) is 7.05 Å². The van der Waals surface area contributed by atoms with E-state index in [0.717, 1.165) is 25.7 Å². The zero-order valence-electron chi connectivity index (χ0n) is 11.1. The highest BCUT2D eigenvalue weighted by Crippen LogP contribution is 2.19. The van der Waals surface area contributed by atoms with E-state index in [-0.39, 0.29) is 5.91 Å². The smallest absolute Gasteiger partial charge is 0.326 e. The molecular weight excluding hydrogens is 246 g/mol. The van der Waals surface area contributed by atoms with Crippen LogP contribution in [0, 0.1) is 0 Å². The molecule has 6 heteroatoms. The Kier molecular flexibility index (Phi) is 4.19. The fourth-order valence-corrected chi connectivity index (χ4v) is 2.52. The van der Waals surface area contributed by atoms with Crippen molar-refractivity contribution in [1.82, 2.24) is 14.7 Å². The van der Waals surface area contributed by atoms with Gasteiger partial charge in [-0.1, -0.05) is 19.3 Å². The average Bonchev–Trinajstić information content (AvgIpc) is 2.74. The topological polar surface area (TPSA) is 75.4 Å². The molecule has 0 bridgehead atoms. The molecule has 0 radical (unpaired) electrons. The van der Waals surface area contributed by atoms with Gasteiger partial charge in [0.25, 0.3) is 5.91 Å². The Morgan fingerprint density at radius 3 is 2.68 bits per heavy atom. The van der Waals surface area contributed by atoms with Gasteiger partial charge in [-0.15, -0.1) is 0 Å². The minimum absolute atomic E-state index is 0.241. The molecule has 0 saturated carbocycles. The third-order valence-electron chi connectivity index (χ3n) is 3.59. The minimum Gasteiger partial charge on any atom is -0.480 e. The number of carboxylic acids is 1. The molecule has 1 aromatic rings. The van der Waals surface area contributed by atoms with Gasteiger partial charge in [-0.3, -0.25) is 9.48 Å². The maximum atomic E-state index is 12.5. The third-order valence-corrected chi connectivity index (χ3v) is 3.59. The first-order valence-corrected chi connectivity index (χ1v) is 6.63. The lowest BCUT2D eigenvalue weighted by Gasteiger charge is -2.30. The van der Waals surface area contributed by atoms with Crippen LogP contribution in [-0.2, 0) is 11.8 Å². The van der Waals surface area contributed by atoms with Crippen LogP contribution in [0.15, 0.2) is 12.3 Å². The summed E-state index contributed by atoms with van der Waals surface area (Å²) in [4.78, 5) is 25.3. The molecule has 2 heterocycles. The molecule has 0 aliphatic carbocycles. The summed E-state index contributed by atoms with van der Waals surface area (Å²) < 4.78 is 1.49. The quantitative estimate of drug-likeness (QED) is 0.874. The van der Waals surface area contributed by atoms with E-state index in [1.54, 1.807) is 19.3 Å². The number of carbonyl (C=O) groups is 2. The largest absolute Gasteiger partial charge is 0.480 e. The molecule has 0 unspecified atom stereocenters. The number of carboxylic acid groups (broad SMARTS) is 1. The van der Waals surface area contributed by atoms with Gasteiger partial charge < -0.3 is 10.0 Å². The molecule has 104 valence electrons. The van der Waals surface area contributed by atoms with E-state index in [1.807, 2.05) is 0 Å². The number of nitrogens with zero attached hydrogens (tertiary/aromatic N) is 3. The molecule has 19 heavy (non-hydrogen) atoms. The Hall–Kier alpha value is -1.85. The van der Waals surface area contributed by atoms with Crippen molar-refractivity contribution in [3.8, 4) is 0 Å². The van der Waals surface area contributed by atoms with Crippen LogP contribution < -0.4 is 0 Å². The van der Waals surface area contributed by atoms with Gasteiger partial charge in [0.2, 0.25) is 0 Å². The molecule has 6 nitrogen and oxygen atoms in total. The van der Waals surface area contributed by atoms with Crippen LogP contribution >= 0.6 is 0 Å². The Balaban J connectivity index is 2.24. The number of amides is 1. The molecule has 2 rings (SSSR count). The minimum atomic E-state index is -0.919. The van der Waals surface area contributed by atoms with Gasteiger partial charge in [0.1, 0.15) is 11.7 Å². The van der Waals surface area contributed by atoms with Gasteiger partial charge in [0.15, 0.2) is 0 Å². The van der Waals surface area contributed by atoms with E-state index < -0.39 is 12.0 Å². The van der Waals surface area contributed by atoms with Crippen molar-refractivity contribution in [2.75, 3.05) is 6.54 Å². The number of hydrogen-bond donors (Lipinski definition) is 1. The maximum absolute atomic E-state index is 12.5. The maximum Gasteiger partial charge on any atom is 0.326 e.